The van der Waals surface area contributed by atoms with Crippen molar-refractivity contribution in [2.45, 2.75) is 33.5 Å². The first-order chi connectivity index (χ1) is 4.42. The van der Waals surface area contributed by atoms with E-state index >= 15 is 0 Å². The molecule has 0 saturated carbocycles. The lowest BCUT2D eigenvalue weighted by Gasteiger charge is -2.12. The molecular formula is C7H17NOSi. The molecule has 0 aliphatic carbocycles. The van der Waals surface area contributed by atoms with Gasteiger partial charge in [-0.3, -0.25) is 0 Å². The Morgan fingerprint density at radius 2 is 1.80 bits per heavy atom. The average molecular weight is 159 g/mol. The Bertz CT molecular complexity index is 122. The second kappa shape index (κ2) is 3.76. The molecule has 3 heteroatoms. The van der Waals surface area contributed by atoms with Crippen LogP contribution in [0.4, 0.5) is 0 Å². The summed E-state index contributed by atoms with van der Waals surface area (Å²) in [6, 6.07) is 0. The predicted octanol–water partition coefficient (Wildman–Crippen LogP) is 2.28. The maximum Gasteiger partial charge on any atom is 0.105 e. The molecule has 2 nitrogen and oxygen atoms in total. The van der Waals surface area contributed by atoms with Gasteiger partial charge in [-0.1, -0.05) is 24.8 Å². The maximum atomic E-state index is 5.11. The van der Waals surface area contributed by atoms with E-state index in [1.54, 1.807) is 0 Å². The zero-order valence-electron chi connectivity index (χ0n) is 7.56. The number of hydrogen-bond donors (Lipinski definition) is 0. The molecule has 60 valence electrons. The highest BCUT2D eigenvalue weighted by Crippen LogP contribution is 2.00. The van der Waals surface area contributed by atoms with Gasteiger partial charge in [0.25, 0.3) is 0 Å². The SMILES string of the molecule is CC(C)=NOC[Si](C)(C)C. The molecule has 0 aliphatic rings. The number of rotatable bonds is 3. The van der Waals surface area contributed by atoms with Crippen LogP contribution >= 0.6 is 0 Å². The molecule has 0 N–H and O–H groups in total. The molecule has 0 atom stereocenters. The largest absolute Gasteiger partial charge is 0.400 e. The summed E-state index contributed by atoms with van der Waals surface area (Å²) in [4.78, 5) is 5.11. The second-order valence-corrected chi connectivity index (χ2v) is 9.28. The van der Waals surface area contributed by atoms with Crippen molar-refractivity contribution in [2.24, 2.45) is 5.16 Å². The fourth-order valence-electron chi connectivity index (χ4n) is 0.355. The first-order valence-electron chi connectivity index (χ1n) is 3.55. The van der Waals surface area contributed by atoms with E-state index in [4.69, 9.17) is 4.84 Å². The van der Waals surface area contributed by atoms with Crippen molar-refractivity contribution in [3.05, 3.63) is 0 Å². The third-order valence-electron chi connectivity index (χ3n) is 0.745. The minimum atomic E-state index is -1.05. The van der Waals surface area contributed by atoms with Crippen molar-refractivity contribution < 1.29 is 4.84 Å². The molecule has 0 bridgehead atoms. The highest BCUT2D eigenvalue weighted by Gasteiger charge is 2.13. The predicted molar refractivity (Wildman–Crippen MR) is 48.1 cm³/mol. The van der Waals surface area contributed by atoms with E-state index in [1.165, 1.54) is 0 Å². The Hall–Kier alpha value is -0.313. The van der Waals surface area contributed by atoms with Crippen molar-refractivity contribution in [2.75, 3.05) is 6.23 Å². The van der Waals surface area contributed by atoms with Gasteiger partial charge in [0.1, 0.15) is 6.23 Å². The van der Waals surface area contributed by atoms with Crippen LogP contribution in [0.2, 0.25) is 19.6 Å². The topological polar surface area (TPSA) is 21.6 Å². The van der Waals surface area contributed by atoms with Crippen molar-refractivity contribution in [3.63, 3.8) is 0 Å². The molecule has 0 aliphatic heterocycles. The Morgan fingerprint density at radius 1 is 1.30 bits per heavy atom. The summed E-state index contributed by atoms with van der Waals surface area (Å²) >= 11 is 0. The summed E-state index contributed by atoms with van der Waals surface area (Å²) in [5, 5.41) is 3.86. The van der Waals surface area contributed by atoms with Crippen LogP contribution < -0.4 is 0 Å². The van der Waals surface area contributed by atoms with Crippen molar-refractivity contribution in [3.8, 4) is 0 Å². The van der Waals surface area contributed by atoms with Gasteiger partial charge in [0.05, 0.1) is 13.8 Å². The first-order valence-corrected chi connectivity index (χ1v) is 7.26. The van der Waals surface area contributed by atoms with Crippen LogP contribution in [0.15, 0.2) is 5.16 Å². The number of oxime groups is 1. The highest BCUT2D eigenvalue weighted by molar-refractivity contribution is 6.76. The summed E-state index contributed by atoms with van der Waals surface area (Å²) in [7, 11) is -1.05. The van der Waals surface area contributed by atoms with Crippen LogP contribution in [0.3, 0.4) is 0 Å². The normalized spacial score (nSPS) is 10.9. The molecule has 0 saturated heterocycles. The van der Waals surface area contributed by atoms with Gasteiger partial charge < -0.3 is 4.84 Å². The molecule has 0 heterocycles. The van der Waals surface area contributed by atoms with Gasteiger partial charge in [-0.05, 0) is 13.8 Å². The fraction of sp³-hybridized carbons (Fsp3) is 0.857. The van der Waals surface area contributed by atoms with Crippen LogP contribution in [-0.2, 0) is 4.84 Å². The van der Waals surface area contributed by atoms with E-state index in [0.29, 0.717) is 0 Å². The van der Waals surface area contributed by atoms with E-state index < -0.39 is 8.07 Å². The van der Waals surface area contributed by atoms with Gasteiger partial charge in [-0.15, -0.1) is 0 Å². The van der Waals surface area contributed by atoms with Crippen LogP contribution in [0.1, 0.15) is 13.8 Å². The zero-order chi connectivity index (χ0) is 8.20. The van der Waals surface area contributed by atoms with Crippen molar-refractivity contribution in [1.29, 1.82) is 0 Å². The maximum absolute atomic E-state index is 5.11. The summed E-state index contributed by atoms with van der Waals surface area (Å²) in [6.07, 6.45) is 0.818. The minimum absolute atomic E-state index is 0.818. The van der Waals surface area contributed by atoms with E-state index in [-0.39, 0.29) is 0 Å². The van der Waals surface area contributed by atoms with Gasteiger partial charge in [0.15, 0.2) is 0 Å². The first kappa shape index (κ1) is 9.69. The van der Waals surface area contributed by atoms with Gasteiger partial charge in [-0.25, -0.2) is 0 Å². The highest BCUT2D eigenvalue weighted by atomic mass is 28.3. The van der Waals surface area contributed by atoms with Gasteiger partial charge in [0, 0.05) is 0 Å². The van der Waals surface area contributed by atoms with E-state index in [2.05, 4.69) is 24.8 Å². The number of hydrogen-bond acceptors (Lipinski definition) is 2. The lowest BCUT2D eigenvalue weighted by atomic mass is 10.5. The van der Waals surface area contributed by atoms with Gasteiger partial charge in [-0.2, -0.15) is 0 Å². The summed E-state index contributed by atoms with van der Waals surface area (Å²) in [5.74, 6) is 0. The summed E-state index contributed by atoms with van der Waals surface area (Å²) < 4.78 is 0. The Labute approximate surface area is 64.3 Å². The quantitative estimate of drug-likeness (QED) is 0.352. The molecule has 0 spiro atoms. The third-order valence-corrected chi connectivity index (χ3v) is 1.74. The van der Waals surface area contributed by atoms with Crippen LogP contribution in [0.25, 0.3) is 0 Å². The molecular weight excluding hydrogens is 142 g/mol. The smallest absolute Gasteiger partial charge is 0.105 e. The molecule has 10 heavy (non-hydrogen) atoms. The minimum Gasteiger partial charge on any atom is -0.400 e. The van der Waals surface area contributed by atoms with Crippen LogP contribution in [0.5, 0.6) is 0 Å². The lowest BCUT2D eigenvalue weighted by molar-refractivity contribution is 0.185. The zero-order valence-corrected chi connectivity index (χ0v) is 8.56. The monoisotopic (exact) mass is 159 g/mol. The second-order valence-electron chi connectivity index (χ2n) is 3.87. The van der Waals surface area contributed by atoms with Crippen LogP contribution in [0, 0.1) is 0 Å². The van der Waals surface area contributed by atoms with E-state index in [1.807, 2.05) is 13.8 Å². The number of nitrogens with zero attached hydrogens (tertiary/aromatic N) is 1. The molecule has 0 fully saturated rings. The Kier molecular flexibility index (Phi) is 3.64. The molecule has 0 rings (SSSR count). The third kappa shape index (κ3) is 7.69. The average Bonchev–Trinajstić information content (AvgIpc) is 1.59. The fourth-order valence-corrected chi connectivity index (χ4v) is 0.807. The summed E-state index contributed by atoms with van der Waals surface area (Å²) in [6.45, 7) is 10.6. The van der Waals surface area contributed by atoms with Crippen molar-refractivity contribution in [1.82, 2.24) is 0 Å². The van der Waals surface area contributed by atoms with Gasteiger partial charge >= 0.3 is 0 Å². The molecule has 0 radical (unpaired) electrons. The molecule has 0 aromatic carbocycles. The van der Waals surface area contributed by atoms with Gasteiger partial charge in [0.2, 0.25) is 0 Å². The Balaban J connectivity index is 3.47. The van der Waals surface area contributed by atoms with Crippen LogP contribution in [-0.4, -0.2) is 20.0 Å². The lowest BCUT2D eigenvalue weighted by Crippen LogP contribution is -2.27. The van der Waals surface area contributed by atoms with E-state index in [9.17, 15) is 0 Å². The van der Waals surface area contributed by atoms with E-state index in [0.717, 1.165) is 11.9 Å². The van der Waals surface area contributed by atoms with Crippen molar-refractivity contribution >= 4 is 13.8 Å². The molecule has 0 amide bonds. The molecule has 0 aromatic rings. The summed E-state index contributed by atoms with van der Waals surface area (Å²) in [5.41, 5.74) is 0.984. The molecule has 0 aromatic heterocycles. The molecule has 0 unspecified atom stereocenters. The Morgan fingerprint density at radius 3 is 2.10 bits per heavy atom. The standard InChI is InChI=1S/C7H17NOSi/c1-7(2)8-9-6-10(3,4)5/h6H2,1-5H3.